The predicted molar refractivity (Wildman–Crippen MR) is 114 cm³/mol. The van der Waals surface area contributed by atoms with Crippen LogP contribution < -0.4 is 9.64 Å². The Bertz CT molecular complexity index is 1010. The maximum absolute atomic E-state index is 6.13. The van der Waals surface area contributed by atoms with Gasteiger partial charge in [0, 0.05) is 11.9 Å². The normalized spacial score (nSPS) is 13.0. The summed E-state index contributed by atoms with van der Waals surface area (Å²) < 4.78 is 6.13. The molecule has 0 saturated carbocycles. The van der Waals surface area contributed by atoms with Gasteiger partial charge in [0.25, 0.3) is 0 Å². The molecule has 0 spiro atoms. The van der Waals surface area contributed by atoms with Crippen LogP contribution in [0, 0.1) is 27.7 Å². The van der Waals surface area contributed by atoms with Gasteiger partial charge < -0.3 is 4.74 Å². The maximum atomic E-state index is 6.13. The van der Waals surface area contributed by atoms with E-state index in [1.54, 1.807) is 0 Å². The molecule has 144 valence electrons. The summed E-state index contributed by atoms with van der Waals surface area (Å²) in [7, 11) is 0. The fourth-order valence-electron chi connectivity index (χ4n) is 3.74. The smallest absolute Gasteiger partial charge is 0.244 e. The molecule has 0 bridgehead atoms. The lowest BCUT2D eigenvalue weighted by Gasteiger charge is -2.34. The van der Waals surface area contributed by atoms with E-state index in [2.05, 4.69) is 62.7 Å². The third kappa shape index (κ3) is 3.03. The van der Waals surface area contributed by atoms with E-state index < -0.39 is 0 Å². The maximum Gasteiger partial charge on any atom is 0.244 e. The van der Waals surface area contributed by atoms with Crippen molar-refractivity contribution >= 4 is 17.2 Å². The van der Waals surface area contributed by atoms with E-state index in [0.29, 0.717) is 5.88 Å². The molecule has 0 N–H and O–H groups in total. The van der Waals surface area contributed by atoms with Crippen LogP contribution in [-0.4, -0.2) is 9.97 Å². The topological polar surface area (TPSA) is 38.3 Å². The molecule has 4 heteroatoms. The second kappa shape index (κ2) is 6.33. The number of pyridine rings is 2. The zero-order valence-corrected chi connectivity index (χ0v) is 17.7. The van der Waals surface area contributed by atoms with E-state index in [9.17, 15) is 0 Å². The first kappa shape index (κ1) is 18.5. The number of anilines is 3. The summed E-state index contributed by atoms with van der Waals surface area (Å²) in [4.78, 5) is 11.6. The predicted octanol–water partition coefficient (Wildman–Crippen LogP) is 6.58. The number of nitrogens with zero attached hydrogens (tertiary/aromatic N) is 3. The molecule has 1 aromatic carbocycles. The molecule has 4 rings (SSSR count). The minimum atomic E-state index is 0.100. The number of aryl methyl sites for hydroxylation is 4. The Morgan fingerprint density at radius 3 is 2.25 bits per heavy atom. The van der Waals surface area contributed by atoms with E-state index in [4.69, 9.17) is 9.72 Å². The largest absolute Gasteiger partial charge is 0.433 e. The van der Waals surface area contributed by atoms with Crippen LogP contribution in [0.1, 0.15) is 48.7 Å². The van der Waals surface area contributed by atoms with Gasteiger partial charge in [0.05, 0.1) is 5.69 Å². The summed E-state index contributed by atoms with van der Waals surface area (Å²) in [5.74, 6) is 2.17. The van der Waals surface area contributed by atoms with Crippen molar-refractivity contribution in [3.05, 3.63) is 64.5 Å². The van der Waals surface area contributed by atoms with Crippen LogP contribution >= 0.6 is 0 Å². The van der Waals surface area contributed by atoms with Crippen molar-refractivity contribution in [3.8, 4) is 11.6 Å². The lowest BCUT2D eigenvalue weighted by atomic mass is 9.84. The van der Waals surface area contributed by atoms with Crippen LogP contribution in [0.4, 0.5) is 17.2 Å². The SMILES string of the molecule is Cc1cnc2c(c1)Oc1nc(C)ccc1N2c1c(C)cc(C(C)(C)C)cc1C. The van der Waals surface area contributed by atoms with Crippen LogP contribution in [0.3, 0.4) is 0 Å². The number of ether oxygens (including phenoxy) is 1. The van der Waals surface area contributed by atoms with Gasteiger partial charge in [-0.25, -0.2) is 9.97 Å². The molecule has 1 aliphatic heterocycles. The number of hydrogen-bond donors (Lipinski definition) is 0. The molecule has 2 aromatic heterocycles. The molecule has 0 fully saturated rings. The number of rotatable bonds is 1. The van der Waals surface area contributed by atoms with Gasteiger partial charge in [0.2, 0.25) is 5.88 Å². The van der Waals surface area contributed by atoms with Crippen LogP contribution in [0.2, 0.25) is 0 Å². The zero-order valence-electron chi connectivity index (χ0n) is 17.7. The van der Waals surface area contributed by atoms with Gasteiger partial charge in [-0.1, -0.05) is 32.9 Å². The van der Waals surface area contributed by atoms with E-state index >= 15 is 0 Å². The Balaban J connectivity index is 1.98. The minimum Gasteiger partial charge on any atom is -0.433 e. The average Bonchev–Trinajstić information content (AvgIpc) is 2.59. The van der Waals surface area contributed by atoms with Crippen molar-refractivity contribution in [3.63, 3.8) is 0 Å². The molecule has 0 saturated heterocycles. The highest BCUT2D eigenvalue weighted by Crippen LogP contribution is 2.50. The molecule has 1 aliphatic rings. The molecule has 0 atom stereocenters. The van der Waals surface area contributed by atoms with E-state index in [1.807, 2.05) is 32.2 Å². The molecule has 3 aromatic rings. The van der Waals surface area contributed by atoms with Crippen LogP contribution in [0.25, 0.3) is 0 Å². The lowest BCUT2D eigenvalue weighted by Crippen LogP contribution is -2.21. The van der Waals surface area contributed by atoms with Gasteiger partial charge >= 0.3 is 0 Å². The zero-order chi connectivity index (χ0) is 20.2. The van der Waals surface area contributed by atoms with Crippen molar-refractivity contribution in [2.24, 2.45) is 0 Å². The lowest BCUT2D eigenvalue weighted by molar-refractivity contribution is 0.453. The summed E-state index contributed by atoms with van der Waals surface area (Å²) in [6.45, 7) is 15.1. The Morgan fingerprint density at radius 2 is 1.61 bits per heavy atom. The highest BCUT2D eigenvalue weighted by molar-refractivity contribution is 5.86. The highest BCUT2D eigenvalue weighted by atomic mass is 16.5. The first-order valence-corrected chi connectivity index (χ1v) is 9.69. The minimum absolute atomic E-state index is 0.100. The second-order valence-corrected chi connectivity index (χ2v) is 8.76. The fourth-order valence-corrected chi connectivity index (χ4v) is 3.74. The van der Waals surface area contributed by atoms with Gasteiger partial charge in [-0.05, 0) is 73.6 Å². The first-order valence-electron chi connectivity index (χ1n) is 9.69. The Labute approximate surface area is 167 Å². The number of hydrogen-bond acceptors (Lipinski definition) is 4. The molecule has 0 amide bonds. The molecule has 28 heavy (non-hydrogen) atoms. The third-order valence-electron chi connectivity index (χ3n) is 5.19. The Morgan fingerprint density at radius 1 is 0.929 bits per heavy atom. The van der Waals surface area contributed by atoms with Crippen LogP contribution in [0.15, 0.2) is 36.5 Å². The van der Waals surface area contributed by atoms with Crippen molar-refractivity contribution in [1.82, 2.24) is 9.97 Å². The third-order valence-corrected chi connectivity index (χ3v) is 5.19. The molecule has 4 nitrogen and oxygen atoms in total. The van der Waals surface area contributed by atoms with Gasteiger partial charge in [-0.15, -0.1) is 0 Å². The molecule has 3 heterocycles. The standard InChI is InChI=1S/C24H27N3O/c1-14-10-20-22(25-13-14)27(19-9-8-17(4)26-23(19)28-20)21-15(2)11-18(12-16(21)3)24(5,6)7/h8-13H,1-7H3. The molecular weight excluding hydrogens is 346 g/mol. The van der Waals surface area contributed by atoms with Gasteiger partial charge in [-0.2, -0.15) is 0 Å². The quantitative estimate of drug-likeness (QED) is 0.377. The van der Waals surface area contributed by atoms with Crippen molar-refractivity contribution in [2.45, 2.75) is 53.9 Å². The van der Waals surface area contributed by atoms with Crippen molar-refractivity contribution < 1.29 is 4.74 Å². The van der Waals surface area contributed by atoms with E-state index in [1.165, 1.54) is 16.7 Å². The monoisotopic (exact) mass is 373 g/mol. The summed E-state index contributed by atoms with van der Waals surface area (Å²) in [5.41, 5.74) is 7.91. The molecule has 0 radical (unpaired) electrons. The molecule has 0 aliphatic carbocycles. The van der Waals surface area contributed by atoms with E-state index in [-0.39, 0.29) is 5.41 Å². The second-order valence-electron chi connectivity index (χ2n) is 8.76. The number of aromatic nitrogens is 2. The van der Waals surface area contributed by atoms with Crippen molar-refractivity contribution in [2.75, 3.05) is 4.90 Å². The highest BCUT2D eigenvalue weighted by Gasteiger charge is 2.31. The van der Waals surface area contributed by atoms with E-state index in [0.717, 1.165) is 34.2 Å². The van der Waals surface area contributed by atoms with Gasteiger partial charge in [0.15, 0.2) is 11.6 Å². The van der Waals surface area contributed by atoms with Gasteiger partial charge in [0.1, 0.15) is 5.69 Å². The Kier molecular flexibility index (Phi) is 4.18. The summed E-state index contributed by atoms with van der Waals surface area (Å²) in [5, 5.41) is 0. The number of fused-ring (bicyclic) bond motifs is 2. The first-order chi connectivity index (χ1) is 13.1. The fraction of sp³-hybridized carbons (Fsp3) is 0.333. The Hall–Kier alpha value is -2.88. The summed E-state index contributed by atoms with van der Waals surface area (Å²) in [6, 6.07) is 10.7. The number of benzene rings is 1. The molecular formula is C24H27N3O. The average molecular weight is 374 g/mol. The summed E-state index contributed by atoms with van der Waals surface area (Å²) >= 11 is 0. The molecule has 0 unspecified atom stereocenters. The van der Waals surface area contributed by atoms with Gasteiger partial charge in [-0.3, -0.25) is 4.90 Å². The van der Waals surface area contributed by atoms with Crippen molar-refractivity contribution in [1.29, 1.82) is 0 Å². The van der Waals surface area contributed by atoms with Crippen LogP contribution in [-0.2, 0) is 5.41 Å². The summed E-state index contributed by atoms with van der Waals surface area (Å²) in [6.07, 6.45) is 1.88. The van der Waals surface area contributed by atoms with Crippen LogP contribution in [0.5, 0.6) is 11.6 Å².